The predicted molar refractivity (Wildman–Crippen MR) is 83.1 cm³/mol. The number of benzene rings is 1. The highest BCUT2D eigenvalue weighted by molar-refractivity contribution is 5.75. The van der Waals surface area contributed by atoms with Crippen molar-refractivity contribution in [3.8, 4) is 5.75 Å². The molecule has 0 atom stereocenters. The molecule has 2 rings (SSSR count). The molecule has 0 aliphatic carbocycles. The zero-order chi connectivity index (χ0) is 15.9. The molecule has 0 radical (unpaired) electrons. The summed E-state index contributed by atoms with van der Waals surface area (Å²) in [6.45, 7) is 4.40. The van der Waals surface area contributed by atoms with E-state index in [1.807, 2.05) is 0 Å². The van der Waals surface area contributed by atoms with E-state index >= 15 is 0 Å². The Bertz CT molecular complexity index is 709. The minimum atomic E-state index is -0.180. The van der Waals surface area contributed by atoms with Crippen LogP contribution in [0.5, 0.6) is 5.75 Å². The van der Waals surface area contributed by atoms with E-state index in [1.165, 1.54) is 0 Å². The van der Waals surface area contributed by atoms with Crippen molar-refractivity contribution < 1.29 is 14.3 Å². The Morgan fingerprint density at radius 1 is 1.32 bits per heavy atom. The second kappa shape index (κ2) is 7.59. The molecule has 6 nitrogen and oxygen atoms in total. The molecule has 0 aliphatic rings. The van der Waals surface area contributed by atoms with E-state index in [9.17, 15) is 9.59 Å². The molecule has 0 fully saturated rings. The van der Waals surface area contributed by atoms with Crippen LogP contribution in [0.3, 0.4) is 0 Å². The van der Waals surface area contributed by atoms with Gasteiger partial charge in [0.05, 0.1) is 24.2 Å². The summed E-state index contributed by atoms with van der Waals surface area (Å²) < 4.78 is 10.5. The first-order chi connectivity index (χ1) is 10.6. The molecule has 1 aromatic heterocycles. The van der Waals surface area contributed by atoms with Crippen molar-refractivity contribution in [2.75, 3.05) is 13.2 Å². The van der Waals surface area contributed by atoms with E-state index in [1.54, 1.807) is 32.0 Å². The zero-order valence-electron chi connectivity index (χ0n) is 12.8. The van der Waals surface area contributed by atoms with E-state index < -0.39 is 0 Å². The second-order valence-electron chi connectivity index (χ2n) is 4.94. The molecule has 0 aliphatic heterocycles. The summed E-state index contributed by atoms with van der Waals surface area (Å²) in [6.07, 6.45) is 1.92. The van der Waals surface area contributed by atoms with Crippen LogP contribution in [-0.2, 0) is 9.53 Å². The van der Waals surface area contributed by atoms with Gasteiger partial charge >= 0.3 is 5.97 Å². The number of aromatic nitrogens is 2. The van der Waals surface area contributed by atoms with Gasteiger partial charge in [-0.1, -0.05) is 0 Å². The first-order valence-electron chi connectivity index (χ1n) is 7.39. The minimum Gasteiger partial charge on any atom is -0.494 e. The molecular formula is C16H20N2O4. The molecule has 1 heterocycles. The highest BCUT2D eigenvalue weighted by Crippen LogP contribution is 2.17. The lowest BCUT2D eigenvalue weighted by Crippen LogP contribution is -2.11. The fourth-order valence-electron chi connectivity index (χ4n) is 2.04. The number of aromatic amines is 1. The standard InChI is InChI=1S/C16H20N2O4/c1-3-21-15(19)6-4-5-9-22-12-7-8-13-14(10-12)17-11(2)16(20)18-13/h7-8,10H,3-6,9H2,1-2H3,(H,18,20). The van der Waals surface area contributed by atoms with E-state index in [4.69, 9.17) is 9.47 Å². The molecule has 0 spiro atoms. The maximum Gasteiger partial charge on any atom is 0.305 e. The predicted octanol–water partition coefficient (Wildman–Crippen LogP) is 2.34. The Hall–Kier alpha value is -2.37. The largest absolute Gasteiger partial charge is 0.494 e. The van der Waals surface area contributed by atoms with Gasteiger partial charge in [-0.2, -0.15) is 0 Å². The van der Waals surface area contributed by atoms with Gasteiger partial charge in [0.15, 0.2) is 0 Å². The van der Waals surface area contributed by atoms with Gasteiger partial charge in [0.25, 0.3) is 5.56 Å². The molecule has 118 valence electrons. The molecule has 1 N–H and O–H groups in total. The van der Waals surface area contributed by atoms with Crippen LogP contribution in [0.4, 0.5) is 0 Å². The number of aryl methyl sites for hydroxylation is 1. The maximum absolute atomic E-state index is 11.5. The molecule has 0 amide bonds. The van der Waals surface area contributed by atoms with Crippen molar-refractivity contribution in [3.05, 3.63) is 34.2 Å². The number of fused-ring (bicyclic) bond motifs is 1. The first kappa shape index (κ1) is 16.0. The summed E-state index contributed by atoms with van der Waals surface area (Å²) >= 11 is 0. The molecule has 0 saturated heterocycles. The second-order valence-corrected chi connectivity index (χ2v) is 4.94. The molecule has 0 saturated carbocycles. The number of rotatable bonds is 7. The van der Waals surface area contributed by atoms with Crippen LogP contribution in [0.1, 0.15) is 31.9 Å². The fourth-order valence-corrected chi connectivity index (χ4v) is 2.04. The summed E-state index contributed by atoms with van der Waals surface area (Å²) in [7, 11) is 0. The lowest BCUT2D eigenvalue weighted by atomic mass is 10.2. The van der Waals surface area contributed by atoms with Crippen molar-refractivity contribution in [2.45, 2.75) is 33.1 Å². The Balaban J connectivity index is 1.86. The summed E-state index contributed by atoms with van der Waals surface area (Å²) in [5, 5.41) is 0. The van der Waals surface area contributed by atoms with Gasteiger partial charge < -0.3 is 14.5 Å². The molecule has 22 heavy (non-hydrogen) atoms. The molecule has 0 bridgehead atoms. The molecule has 1 aromatic carbocycles. The van der Waals surface area contributed by atoms with Crippen molar-refractivity contribution >= 4 is 17.0 Å². The van der Waals surface area contributed by atoms with Crippen molar-refractivity contribution in [2.24, 2.45) is 0 Å². The summed E-state index contributed by atoms with van der Waals surface area (Å²) in [6, 6.07) is 5.36. The number of nitrogens with zero attached hydrogens (tertiary/aromatic N) is 1. The molecule has 6 heteroatoms. The van der Waals surface area contributed by atoms with E-state index in [0.29, 0.717) is 42.1 Å². The normalized spacial score (nSPS) is 10.6. The van der Waals surface area contributed by atoms with Crippen LogP contribution < -0.4 is 10.3 Å². The Kier molecular flexibility index (Phi) is 5.52. The third-order valence-electron chi connectivity index (χ3n) is 3.18. The number of nitrogens with one attached hydrogen (secondary N) is 1. The number of hydrogen-bond donors (Lipinski definition) is 1. The van der Waals surface area contributed by atoms with Crippen LogP contribution in [0, 0.1) is 6.92 Å². The molecule has 2 aromatic rings. The van der Waals surface area contributed by atoms with Gasteiger partial charge in [-0.3, -0.25) is 9.59 Å². The number of ether oxygens (including phenoxy) is 2. The lowest BCUT2D eigenvalue weighted by Gasteiger charge is -2.07. The number of carbonyl (C=O) groups is 1. The Labute approximate surface area is 128 Å². The number of unbranched alkanes of at least 4 members (excludes halogenated alkanes) is 1. The number of carbonyl (C=O) groups excluding carboxylic acids is 1. The highest BCUT2D eigenvalue weighted by Gasteiger charge is 2.04. The van der Waals surface area contributed by atoms with Crippen LogP contribution in [0.15, 0.2) is 23.0 Å². The molecular weight excluding hydrogens is 284 g/mol. The third-order valence-corrected chi connectivity index (χ3v) is 3.18. The maximum atomic E-state index is 11.5. The average molecular weight is 304 g/mol. The average Bonchev–Trinajstić information content (AvgIpc) is 2.48. The minimum absolute atomic E-state index is 0.170. The first-order valence-corrected chi connectivity index (χ1v) is 7.39. The number of H-pyrrole nitrogens is 1. The number of esters is 1. The molecule has 0 unspecified atom stereocenters. The summed E-state index contributed by atoms with van der Waals surface area (Å²) in [4.78, 5) is 29.7. The monoisotopic (exact) mass is 304 g/mol. The van der Waals surface area contributed by atoms with Crippen molar-refractivity contribution in [1.29, 1.82) is 0 Å². The van der Waals surface area contributed by atoms with Crippen LogP contribution in [0.2, 0.25) is 0 Å². The zero-order valence-corrected chi connectivity index (χ0v) is 12.8. The Morgan fingerprint density at radius 3 is 2.91 bits per heavy atom. The van der Waals surface area contributed by atoms with Crippen LogP contribution in [-0.4, -0.2) is 29.2 Å². The fraction of sp³-hybridized carbons (Fsp3) is 0.438. The van der Waals surface area contributed by atoms with Gasteiger partial charge in [0.2, 0.25) is 0 Å². The van der Waals surface area contributed by atoms with Crippen LogP contribution in [0.25, 0.3) is 11.0 Å². The lowest BCUT2D eigenvalue weighted by molar-refractivity contribution is -0.143. The van der Waals surface area contributed by atoms with Gasteiger partial charge in [-0.25, -0.2) is 4.98 Å². The van der Waals surface area contributed by atoms with Crippen molar-refractivity contribution in [3.63, 3.8) is 0 Å². The topological polar surface area (TPSA) is 81.3 Å². The smallest absolute Gasteiger partial charge is 0.305 e. The van der Waals surface area contributed by atoms with Gasteiger partial charge in [-0.05, 0) is 38.8 Å². The van der Waals surface area contributed by atoms with Gasteiger partial charge in [0, 0.05) is 12.5 Å². The third kappa shape index (κ3) is 4.31. The van der Waals surface area contributed by atoms with E-state index in [0.717, 1.165) is 12.8 Å². The quantitative estimate of drug-likeness (QED) is 0.627. The SMILES string of the molecule is CCOC(=O)CCCCOc1ccc2[nH]c(=O)c(C)nc2c1. The van der Waals surface area contributed by atoms with Crippen molar-refractivity contribution in [1.82, 2.24) is 9.97 Å². The van der Waals surface area contributed by atoms with Gasteiger partial charge in [0.1, 0.15) is 11.4 Å². The summed E-state index contributed by atoms with van der Waals surface area (Å²) in [5.41, 5.74) is 1.63. The highest BCUT2D eigenvalue weighted by atomic mass is 16.5. The van der Waals surface area contributed by atoms with Crippen LogP contribution >= 0.6 is 0 Å². The van der Waals surface area contributed by atoms with E-state index in [-0.39, 0.29) is 11.5 Å². The Morgan fingerprint density at radius 2 is 2.14 bits per heavy atom. The number of hydrogen-bond acceptors (Lipinski definition) is 5. The van der Waals surface area contributed by atoms with Gasteiger partial charge in [-0.15, -0.1) is 0 Å². The summed E-state index contributed by atoms with van der Waals surface area (Å²) in [5.74, 6) is 0.527. The van der Waals surface area contributed by atoms with E-state index in [2.05, 4.69) is 9.97 Å².